The van der Waals surface area contributed by atoms with Crippen LogP contribution in [0, 0.1) is 0 Å². The van der Waals surface area contributed by atoms with Gasteiger partial charge in [0.15, 0.2) is 0 Å². The Kier molecular flexibility index (Phi) is 6.94. The number of hydrogen-bond donors (Lipinski definition) is 2. The van der Waals surface area contributed by atoms with E-state index in [4.69, 9.17) is 4.74 Å². The molecule has 0 fully saturated rings. The third kappa shape index (κ3) is 5.44. The minimum Gasteiger partial charge on any atom is -0.497 e. The van der Waals surface area contributed by atoms with Crippen molar-refractivity contribution in [2.45, 2.75) is 11.3 Å². The van der Waals surface area contributed by atoms with Crippen LogP contribution in [0.15, 0.2) is 66.1 Å². The van der Waals surface area contributed by atoms with Gasteiger partial charge in [0, 0.05) is 18.7 Å². The Bertz CT molecular complexity index is 879. The average Bonchev–Trinajstić information content (AvgIpc) is 2.66. The van der Waals surface area contributed by atoms with Crippen LogP contribution in [0.25, 0.3) is 0 Å². The molecule has 0 aliphatic heterocycles. The van der Waals surface area contributed by atoms with E-state index in [9.17, 15) is 13.2 Å². The van der Waals surface area contributed by atoms with Crippen LogP contribution in [0.3, 0.4) is 0 Å². The number of nitrogens with one attached hydrogen (secondary N) is 2. The maximum atomic E-state index is 12.3. The van der Waals surface area contributed by atoms with E-state index in [1.165, 1.54) is 18.2 Å². The molecule has 0 aliphatic rings. The lowest BCUT2D eigenvalue weighted by molar-refractivity contribution is 0.0954. The number of hydrogen-bond acceptors (Lipinski definition) is 4. The molecule has 2 rings (SSSR count). The Balaban J connectivity index is 1.99. The summed E-state index contributed by atoms with van der Waals surface area (Å²) in [5, 5.41) is 2.80. The first-order valence-electron chi connectivity index (χ1n) is 8.08. The van der Waals surface area contributed by atoms with E-state index in [0.29, 0.717) is 13.0 Å². The van der Waals surface area contributed by atoms with Crippen molar-refractivity contribution < 1.29 is 17.9 Å². The Morgan fingerprint density at radius 1 is 1.19 bits per heavy atom. The fourth-order valence-corrected chi connectivity index (χ4v) is 3.35. The van der Waals surface area contributed by atoms with Gasteiger partial charge in [-0.3, -0.25) is 4.79 Å². The molecule has 7 heteroatoms. The predicted molar refractivity (Wildman–Crippen MR) is 101 cm³/mol. The number of amides is 1. The third-order valence-electron chi connectivity index (χ3n) is 3.66. The van der Waals surface area contributed by atoms with Gasteiger partial charge >= 0.3 is 0 Å². The molecule has 0 heterocycles. The molecule has 2 aromatic carbocycles. The minimum atomic E-state index is -3.66. The molecule has 0 radical (unpaired) electrons. The smallest absolute Gasteiger partial charge is 0.251 e. The molecule has 1 amide bonds. The largest absolute Gasteiger partial charge is 0.497 e. The first kappa shape index (κ1) is 19.7. The van der Waals surface area contributed by atoms with Gasteiger partial charge in [-0.1, -0.05) is 24.3 Å². The molecule has 0 bridgehead atoms. The summed E-state index contributed by atoms with van der Waals surface area (Å²) in [5.74, 6) is 0.437. The maximum Gasteiger partial charge on any atom is 0.251 e. The number of carbonyl (C=O) groups excluding carboxylic acids is 1. The average molecular weight is 374 g/mol. The molecule has 26 heavy (non-hydrogen) atoms. The summed E-state index contributed by atoms with van der Waals surface area (Å²) < 4.78 is 31.8. The SMILES string of the molecule is C=CCNS(=O)(=O)c1cccc(C(=O)NCCc2cccc(OC)c2)c1. The van der Waals surface area contributed by atoms with E-state index in [0.717, 1.165) is 11.3 Å². The van der Waals surface area contributed by atoms with Crippen LogP contribution >= 0.6 is 0 Å². The minimum absolute atomic E-state index is 0.0415. The highest BCUT2D eigenvalue weighted by Crippen LogP contribution is 2.13. The highest BCUT2D eigenvalue weighted by molar-refractivity contribution is 7.89. The van der Waals surface area contributed by atoms with E-state index < -0.39 is 10.0 Å². The fourth-order valence-electron chi connectivity index (χ4n) is 2.31. The summed E-state index contributed by atoms with van der Waals surface area (Å²) in [4.78, 5) is 12.3. The lowest BCUT2D eigenvalue weighted by atomic mass is 10.1. The fraction of sp³-hybridized carbons (Fsp3) is 0.211. The number of benzene rings is 2. The first-order valence-corrected chi connectivity index (χ1v) is 9.56. The van der Waals surface area contributed by atoms with Crippen molar-refractivity contribution in [3.8, 4) is 5.75 Å². The van der Waals surface area contributed by atoms with Crippen molar-refractivity contribution in [3.05, 3.63) is 72.3 Å². The second kappa shape index (κ2) is 9.17. The van der Waals surface area contributed by atoms with Crippen molar-refractivity contribution in [3.63, 3.8) is 0 Å². The van der Waals surface area contributed by atoms with Gasteiger partial charge in [-0.25, -0.2) is 13.1 Å². The number of ether oxygens (including phenoxy) is 1. The van der Waals surface area contributed by atoms with Crippen LogP contribution in [-0.2, 0) is 16.4 Å². The molecular formula is C19H22N2O4S. The van der Waals surface area contributed by atoms with Crippen LogP contribution < -0.4 is 14.8 Å². The van der Waals surface area contributed by atoms with Crippen LogP contribution in [0.5, 0.6) is 5.75 Å². The van der Waals surface area contributed by atoms with E-state index in [2.05, 4.69) is 16.6 Å². The van der Waals surface area contributed by atoms with Gasteiger partial charge in [0.25, 0.3) is 5.91 Å². The molecule has 0 saturated heterocycles. The van der Waals surface area contributed by atoms with Crippen molar-refractivity contribution >= 4 is 15.9 Å². The zero-order chi connectivity index (χ0) is 19.0. The molecule has 0 atom stereocenters. The highest BCUT2D eigenvalue weighted by atomic mass is 32.2. The zero-order valence-corrected chi connectivity index (χ0v) is 15.4. The molecule has 0 saturated carbocycles. The van der Waals surface area contributed by atoms with Gasteiger partial charge in [0.1, 0.15) is 5.75 Å². The molecule has 0 spiro atoms. The topological polar surface area (TPSA) is 84.5 Å². The quantitative estimate of drug-likeness (QED) is 0.659. The van der Waals surface area contributed by atoms with E-state index in [-0.39, 0.29) is 22.9 Å². The summed E-state index contributed by atoms with van der Waals surface area (Å²) in [5.41, 5.74) is 1.33. The molecule has 138 valence electrons. The van der Waals surface area contributed by atoms with Crippen molar-refractivity contribution in [2.24, 2.45) is 0 Å². The molecule has 0 unspecified atom stereocenters. The second-order valence-electron chi connectivity index (χ2n) is 5.53. The third-order valence-corrected chi connectivity index (χ3v) is 5.08. The van der Waals surface area contributed by atoms with E-state index in [1.54, 1.807) is 19.2 Å². The highest BCUT2D eigenvalue weighted by Gasteiger charge is 2.15. The summed E-state index contributed by atoms with van der Waals surface area (Å²) >= 11 is 0. The molecule has 6 nitrogen and oxygen atoms in total. The van der Waals surface area contributed by atoms with Crippen LogP contribution in [0.4, 0.5) is 0 Å². The summed E-state index contributed by atoms with van der Waals surface area (Å²) in [6.45, 7) is 4.03. The zero-order valence-electron chi connectivity index (χ0n) is 14.6. The van der Waals surface area contributed by atoms with Crippen molar-refractivity contribution in [1.82, 2.24) is 10.0 Å². The monoisotopic (exact) mass is 374 g/mol. The van der Waals surface area contributed by atoms with Gasteiger partial charge in [0.05, 0.1) is 12.0 Å². The van der Waals surface area contributed by atoms with Crippen molar-refractivity contribution in [2.75, 3.05) is 20.2 Å². The van der Waals surface area contributed by atoms with Crippen LogP contribution in [0.1, 0.15) is 15.9 Å². The Morgan fingerprint density at radius 3 is 2.69 bits per heavy atom. The lowest BCUT2D eigenvalue weighted by Crippen LogP contribution is -2.27. The standard InChI is InChI=1S/C19H22N2O4S/c1-3-11-21-26(23,24)18-9-5-7-16(14-18)19(22)20-12-10-15-6-4-8-17(13-15)25-2/h3-9,13-14,21H,1,10-12H2,2H3,(H,20,22). The van der Waals surface area contributed by atoms with Gasteiger partial charge in [-0.15, -0.1) is 6.58 Å². The number of methoxy groups -OCH3 is 1. The molecule has 2 aromatic rings. The number of carbonyl (C=O) groups is 1. The summed E-state index contributed by atoms with van der Waals surface area (Å²) in [6, 6.07) is 13.5. The number of sulfonamides is 1. The normalized spacial score (nSPS) is 11.0. The van der Waals surface area contributed by atoms with Gasteiger partial charge < -0.3 is 10.1 Å². The van der Waals surface area contributed by atoms with Gasteiger partial charge in [-0.2, -0.15) is 0 Å². The molecule has 0 aliphatic carbocycles. The van der Waals surface area contributed by atoms with Crippen LogP contribution in [0.2, 0.25) is 0 Å². The maximum absolute atomic E-state index is 12.3. The molecule has 2 N–H and O–H groups in total. The van der Waals surface area contributed by atoms with E-state index >= 15 is 0 Å². The van der Waals surface area contributed by atoms with Crippen molar-refractivity contribution in [1.29, 1.82) is 0 Å². The molecular weight excluding hydrogens is 352 g/mol. The second-order valence-corrected chi connectivity index (χ2v) is 7.29. The van der Waals surface area contributed by atoms with E-state index in [1.807, 2.05) is 24.3 Å². The summed E-state index contributed by atoms with van der Waals surface area (Å²) in [6.07, 6.45) is 2.09. The Labute approximate surface area is 153 Å². The Morgan fingerprint density at radius 2 is 1.96 bits per heavy atom. The van der Waals surface area contributed by atoms with Crippen LogP contribution in [-0.4, -0.2) is 34.5 Å². The first-order chi connectivity index (χ1) is 12.5. The number of rotatable bonds is 9. The summed E-state index contributed by atoms with van der Waals surface area (Å²) in [7, 11) is -2.06. The Hall–Kier alpha value is -2.64. The predicted octanol–water partition coefficient (Wildman–Crippen LogP) is 2.13. The van der Waals surface area contributed by atoms with Gasteiger partial charge in [-0.05, 0) is 42.3 Å². The van der Waals surface area contributed by atoms with Gasteiger partial charge in [0.2, 0.25) is 10.0 Å². The lowest BCUT2D eigenvalue weighted by Gasteiger charge is -2.09. The molecule has 0 aromatic heterocycles.